The molecule has 3 aromatic rings. The quantitative estimate of drug-likeness (QED) is 0.559. The number of aromatic nitrogens is 2. The maximum atomic E-state index is 11.9. The average Bonchev–Trinajstić information content (AvgIpc) is 2.43. The van der Waals surface area contributed by atoms with Crippen molar-refractivity contribution in [3.05, 3.63) is 54.0 Å². The van der Waals surface area contributed by atoms with Crippen molar-refractivity contribution in [3.8, 4) is 0 Å². The first-order valence-corrected chi connectivity index (χ1v) is 5.74. The fourth-order valence-corrected chi connectivity index (χ4v) is 2.46. The number of benzene rings is 1. The summed E-state index contributed by atoms with van der Waals surface area (Å²) in [7, 11) is 0. The molecule has 1 aliphatic carbocycles. The van der Waals surface area contributed by atoms with Crippen LogP contribution in [0.3, 0.4) is 0 Å². The SMILES string of the molecule is O=C1C=Cc2nccc3c2c1nc1ccccc13. The van der Waals surface area contributed by atoms with Gasteiger partial charge < -0.3 is 0 Å². The van der Waals surface area contributed by atoms with Crippen molar-refractivity contribution in [1.29, 1.82) is 0 Å². The van der Waals surface area contributed by atoms with Crippen LogP contribution < -0.4 is 0 Å². The van der Waals surface area contributed by atoms with Crippen LogP contribution in [-0.2, 0) is 0 Å². The molecule has 3 heteroatoms. The number of nitrogens with zero attached hydrogens (tertiary/aromatic N) is 2. The van der Waals surface area contributed by atoms with E-state index in [1.54, 1.807) is 12.3 Å². The molecule has 0 unspecified atom stereocenters. The Bertz CT molecular complexity index is 850. The molecule has 0 spiro atoms. The first-order chi connectivity index (χ1) is 8.84. The molecule has 0 bridgehead atoms. The van der Waals surface area contributed by atoms with Crippen molar-refractivity contribution >= 4 is 33.5 Å². The second-order valence-electron chi connectivity index (χ2n) is 4.29. The van der Waals surface area contributed by atoms with E-state index >= 15 is 0 Å². The number of rotatable bonds is 0. The van der Waals surface area contributed by atoms with E-state index in [4.69, 9.17) is 0 Å². The highest BCUT2D eigenvalue weighted by molar-refractivity contribution is 6.22. The summed E-state index contributed by atoms with van der Waals surface area (Å²) < 4.78 is 0. The van der Waals surface area contributed by atoms with Crippen LogP contribution in [0, 0.1) is 0 Å². The molecular weight excluding hydrogens is 224 g/mol. The molecule has 2 heterocycles. The van der Waals surface area contributed by atoms with Gasteiger partial charge in [-0.15, -0.1) is 0 Å². The van der Waals surface area contributed by atoms with Gasteiger partial charge in [0, 0.05) is 17.0 Å². The summed E-state index contributed by atoms with van der Waals surface area (Å²) >= 11 is 0. The Morgan fingerprint density at radius 1 is 0.944 bits per heavy atom. The third-order valence-corrected chi connectivity index (χ3v) is 3.27. The molecule has 1 aromatic carbocycles. The highest BCUT2D eigenvalue weighted by atomic mass is 16.1. The molecular formula is C15H8N2O. The molecule has 0 saturated heterocycles. The molecule has 2 aromatic heterocycles. The Balaban J connectivity index is 2.36. The van der Waals surface area contributed by atoms with Crippen LogP contribution in [0.1, 0.15) is 16.2 Å². The van der Waals surface area contributed by atoms with Gasteiger partial charge in [0.2, 0.25) is 5.78 Å². The Morgan fingerprint density at radius 3 is 2.78 bits per heavy atom. The number of allylic oxidation sites excluding steroid dienone is 1. The minimum Gasteiger partial charge on any atom is -0.288 e. The van der Waals surface area contributed by atoms with E-state index in [1.807, 2.05) is 30.3 Å². The zero-order valence-electron chi connectivity index (χ0n) is 9.42. The van der Waals surface area contributed by atoms with Gasteiger partial charge in [0.15, 0.2) is 0 Å². The number of hydrogen-bond acceptors (Lipinski definition) is 3. The minimum absolute atomic E-state index is 0.0498. The minimum atomic E-state index is -0.0498. The highest BCUT2D eigenvalue weighted by Crippen LogP contribution is 2.30. The Labute approximate surface area is 103 Å². The Kier molecular flexibility index (Phi) is 1.70. The summed E-state index contributed by atoms with van der Waals surface area (Å²) in [4.78, 5) is 20.7. The molecule has 0 N–H and O–H groups in total. The summed E-state index contributed by atoms with van der Waals surface area (Å²) in [6.07, 6.45) is 5.06. The van der Waals surface area contributed by atoms with Gasteiger partial charge in [0.25, 0.3) is 0 Å². The number of carbonyl (C=O) groups is 1. The van der Waals surface area contributed by atoms with E-state index < -0.39 is 0 Å². The van der Waals surface area contributed by atoms with E-state index in [9.17, 15) is 4.79 Å². The lowest BCUT2D eigenvalue weighted by Crippen LogP contribution is -2.06. The zero-order valence-corrected chi connectivity index (χ0v) is 9.42. The standard InChI is InChI=1S/C15H8N2O/c18-13-6-5-12-14-10(7-8-16-12)9-3-1-2-4-11(9)17-15(13)14/h1-8H. The van der Waals surface area contributed by atoms with Gasteiger partial charge in [-0.3, -0.25) is 9.78 Å². The van der Waals surface area contributed by atoms with E-state index in [0.29, 0.717) is 5.69 Å². The van der Waals surface area contributed by atoms with Crippen molar-refractivity contribution in [1.82, 2.24) is 9.97 Å². The van der Waals surface area contributed by atoms with Crippen molar-refractivity contribution in [2.24, 2.45) is 0 Å². The predicted octanol–water partition coefficient (Wildman–Crippen LogP) is 2.99. The van der Waals surface area contributed by atoms with Gasteiger partial charge >= 0.3 is 0 Å². The molecule has 0 atom stereocenters. The van der Waals surface area contributed by atoms with Crippen LogP contribution in [0.5, 0.6) is 0 Å². The molecule has 1 aliphatic rings. The van der Waals surface area contributed by atoms with E-state index in [0.717, 1.165) is 27.4 Å². The molecule has 0 amide bonds. The average molecular weight is 232 g/mol. The van der Waals surface area contributed by atoms with Crippen LogP contribution in [0.25, 0.3) is 27.8 Å². The monoisotopic (exact) mass is 232 g/mol. The number of carbonyl (C=O) groups excluding carboxylic acids is 1. The number of hydrogen-bond donors (Lipinski definition) is 0. The van der Waals surface area contributed by atoms with Crippen molar-refractivity contribution in [2.45, 2.75) is 0 Å². The van der Waals surface area contributed by atoms with E-state index in [-0.39, 0.29) is 5.78 Å². The van der Waals surface area contributed by atoms with Gasteiger partial charge in [-0.2, -0.15) is 0 Å². The predicted molar refractivity (Wildman–Crippen MR) is 70.4 cm³/mol. The maximum absolute atomic E-state index is 11.9. The molecule has 0 saturated carbocycles. The summed E-state index contributed by atoms with van der Waals surface area (Å²) in [6.45, 7) is 0. The van der Waals surface area contributed by atoms with Crippen LogP contribution in [-0.4, -0.2) is 15.8 Å². The topological polar surface area (TPSA) is 42.9 Å². The van der Waals surface area contributed by atoms with Crippen LogP contribution in [0.15, 0.2) is 42.6 Å². The molecule has 0 aliphatic heterocycles. The van der Waals surface area contributed by atoms with Gasteiger partial charge in [0.05, 0.1) is 11.2 Å². The zero-order chi connectivity index (χ0) is 12.1. The number of para-hydroxylation sites is 1. The van der Waals surface area contributed by atoms with Crippen LogP contribution in [0.2, 0.25) is 0 Å². The smallest absolute Gasteiger partial charge is 0.204 e. The second kappa shape index (κ2) is 3.23. The fraction of sp³-hybridized carbons (Fsp3) is 0. The summed E-state index contributed by atoms with van der Waals surface area (Å²) in [5.41, 5.74) is 2.18. The van der Waals surface area contributed by atoms with E-state index in [2.05, 4.69) is 9.97 Å². The van der Waals surface area contributed by atoms with Crippen molar-refractivity contribution in [2.75, 3.05) is 0 Å². The lowest BCUT2D eigenvalue weighted by atomic mass is 9.98. The van der Waals surface area contributed by atoms with Gasteiger partial charge in [-0.25, -0.2) is 4.98 Å². The molecule has 4 rings (SSSR count). The first kappa shape index (κ1) is 9.48. The highest BCUT2D eigenvalue weighted by Gasteiger charge is 2.18. The fourth-order valence-electron chi connectivity index (χ4n) is 2.46. The number of fused-ring (bicyclic) bond motifs is 2. The normalized spacial score (nSPS) is 13.4. The molecule has 0 radical (unpaired) electrons. The lowest BCUT2D eigenvalue weighted by Gasteiger charge is -2.12. The number of pyridine rings is 2. The Morgan fingerprint density at radius 2 is 1.83 bits per heavy atom. The molecule has 3 nitrogen and oxygen atoms in total. The second-order valence-corrected chi connectivity index (χ2v) is 4.29. The maximum Gasteiger partial charge on any atom is 0.204 e. The largest absolute Gasteiger partial charge is 0.288 e. The molecule has 84 valence electrons. The van der Waals surface area contributed by atoms with Crippen LogP contribution >= 0.6 is 0 Å². The Hall–Kier alpha value is -2.55. The molecule has 18 heavy (non-hydrogen) atoms. The summed E-state index contributed by atoms with van der Waals surface area (Å²) in [5, 5.41) is 2.96. The summed E-state index contributed by atoms with van der Waals surface area (Å²) in [6, 6.07) is 9.80. The third-order valence-electron chi connectivity index (χ3n) is 3.27. The third kappa shape index (κ3) is 1.10. The number of ketones is 1. The van der Waals surface area contributed by atoms with Crippen molar-refractivity contribution in [3.63, 3.8) is 0 Å². The lowest BCUT2D eigenvalue weighted by molar-refractivity contribution is 0.104. The molecule has 0 fully saturated rings. The van der Waals surface area contributed by atoms with Gasteiger partial charge in [-0.05, 0) is 29.7 Å². The first-order valence-electron chi connectivity index (χ1n) is 5.74. The van der Waals surface area contributed by atoms with Gasteiger partial charge in [-0.1, -0.05) is 18.2 Å². The summed E-state index contributed by atoms with van der Waals surface area (Å²) in [5.74, 6) is -0.0498. The van der Waals surface area contributed by atoms with Crippen LogP contribution in [0.4, 0.5) is 0 Å². The van der Waals surface area contributed by atoms with Crippen molar-refractivity contribution < 1.29 is 4.79 Å². The van der Waals surface area contributed by atoms with Gasteiger partial charge in [0.1, 0.15) is 5.69 Å². The van der Waals surface area contributed by atoms with E-state index in [1.165, 1.54) is 6.08 Å².